The molecule has 0 spiro atoms. The maximum Gasteiger partial charge on any atom is 0.0267 e. The Morgan fingerprint density at radius 3 is 0.857 bits per heavy atom. The van der Waals surface area contributed by atoms with Gasteiger partial charge in [0.05, 0.1) is 0 Å². The number of hydrogen-bond donors (Lipinski definition) is 0. The smallest absolute Gasteiger partial charge is 0.0267 e. The van der Waals surface area contributed by atoms with Crippen LogP contribution in [-0.2, 0) is 20.4 Å². The van der Waals surface area contributed by atoms with Gasteiger partial charge < -0.3 is 0 Å². The Balaban J connectivity index is 0. The van der Waals surface area contributed by atoms with E-state index in [0.29, 0.717) is 0 Å². The Labute approximate surface area is 104 Å². The first-order valence-electron chi connectivity index (χ1n) is 3.70. The Hall–Kier alpha value is -0.748. The summed E-state index contributed by atoms with van der Waals surface area (Å²) in [6.45, 7) is 0. The molecule has 14 heavy (non-hydrogen) atoms. The van der Waals surface area contributed by atoms with Gasteiger partial charge >= 0.3 is 0 Å². The van der Waals surface area contributed by atoms with Crippen LogP contribution >= 0.6 is 12.4 Å². The molecule has 0 aromatic carbocycles. The molecule has 0 fully saturated rings. The minimum Gasteiger partial charge on any atom is -0.265 e. The minimum atomic E-state index is 0. The first-order valence-corrected chi connectivity index (χ1v) is 3.70. The SMILES string of the molecule is Cl.[Pd].c1ccncc1.c1ccncc1. The first kappa shape index (κ1) is 15.7. The third kappa shape index (κ3) is 9.34. The van der Waals surface area contributed by atoms with Crippen molar-refractivity contribution in [2.24, 2.45) is 0 Å². The summed E-state index contributed by atoms with van der Waals surface area (Å²) >= 11 is 0. The van der Waals surface area contributed by atoms with Crippen molar-refractivity contribution in [2.45, 2.75) is 0 Å². The van der Waals surface area contributed by atoms with Gasteiger partial charge in [-0.3, -0.25) is 9.97 Å². The van der Waals surface area contributed by atoms with Gasteiger partial charge in [-0.1, -0.05) is 12.1 Å². The zero-order valence-corrected chi connectivity index (χ0v) is 9.76. The maximum absolute atomic E-state index is 3.78. The van der Waals surface area contributed by atoms with Gasteiger partial charge in [0, 0.05) is 45.2 Å². The van der Waals surface area contributed by atoms with Crippen molar-refractivity contribution < 1.29 is 20.4 Å². The van der Waals surface area contributed by atoms with Crippen molar-refractivity contribution in [1.29, 1.82) is 0 Å². The van der Waals surface area contributed by atoms with E-state index in [1.165, 1.54) is 0 Å². The van der Waals surface area contributed by atoms with Crippen LogP contribution in [0, 0.1) is 0 Å². The number of nitrogens with zero attached hydrogens (tertiary/aromatic N) is 2. The molecule has 2 rings (SSSR count). The van der Waals surface area contributed by atoms with Crippen molar-refractivity contribution in [3.05, 3.63) is 61.2 Å². The minimum absolute atomic E-state index is 0. The molecule has 2 aromatic rings. The van der Waals surface area contributed by atoms with Gasteiger partial charge in [-0.25, -0.2) is 0 Å². The summed E-state index contributed by atoms with van der Waals surface area (Å²) in [5.41, 5.74) is 0. The van der Waals surface area contributed by atoms with Crippen LogP contribution in [0.4, 0.5) is 0 Å². The van der Waals surface area contributed by atoms with E-state index in [0.717, 1.165) is 0 Å². The average Bonchev–Trinajstić information content (AvgIpc) is 2.24. The van der Waals surface area contributed by atoms with E-state index in [1.807, 2.05) is 36.4 Å². The third-order valence-corrected chi connectivity index (χ3v) is 1.13. The third-order valence-electron chi connectivity index (χ3n) is 1.13. The molecule has 4 heteroatoms. The molecule has 0 saturated heterocycles. The van der Waals surface area contributed by atoms with Crippen molar-refractivity contribution in [3.63, 3.8) is 0 Å². The monoisotopic (exact) mass is 300 g/mol. The van der Waals surface area contributed by atoms with Crippen molar-refractivity contribution in [2.75, 3.05) is 0 Å². The number of pyridine rings is 2. The number of halogens is 1. The van der Waals surface area contributed by atoms with Crippen LogP contribution < -0.4 is 0 Å². The zero-order chi connectivity index (χ0) is 8.49. The molecule has 0 radical (unpaired) electrons. The maximum atomic E-state index is 3.78. The quantitative estimate of drug-likeness (QED) is 0.699. The zero-order valence-electron chi connectivity index (χ0n) is 7.39. The molecule has 78 valence electrons. The second-order valence-corrected chi connectivity index (χ2v) is 2.05. The number of hydrogen-bond acceptors (Lipinski definition) is 2. The standard InChI is InChI=1S/2C5H5N.ClH.Pd/c2*1-2-4-6-5-3-1;;/h2*1-5H;1H;. The fraction of sp³-hybridized carbons (Fsp3) is 0. The van der Waals surface area contributed by atoms with Gasteiger partial charge in [-0.2, -0.15) is 0 Å². The van der Waals surface area contributed by atoms with Gasteiger partial charge in [-0.15, -0.1) is 12.4 Å². The fourth-order valence-corrected chi connectivity index (χ4v) is 0.625. The molecular formula is C10H11ClN2Pd. The van der Waals surface area contributed by atoms with E-state index < -0.39 is 0 Å². The van der Waals surface area contributed by atoms with Crippen LogP contribution in [0.1, 0.15) is 0 Å². The Kier molecular flexibility index (Phi) is 13.8. The van der Waals surface area contributed by atoms with E-state index in [-0.39, 0.29) is 32.8 Å². The number of rotatable bonds is 0. The van der Waals surface area contributed by atoms with Crippen LogP contribution in [0.2, 0.25) is 0 Å². The van der Waals surface area contributed by atoms with Gasteiger partial charge in [0.15, 0.2) is 0 Å². The average molecular weight is 301 g/mol. The summed E-state index contributed by atoms with van der Waals surface area (Å²) in [5, 5.41) is 0. The van der Waals surface area contributed by atoms with Crippen molar-refractivity contribution >= 4 is 12.4 Å². The first-order chi connectivity index (χ1) is 6.00. The largest absolute Gasteiger partial charge is 0.265 e. The van der Waals surface area contributed by atoms with Gasteiger partial charge in [0.25, 0.3) is 0 Å². The normalized spacial score (nSPS) is 6.86. The molecule has 2 aromatic heterocycles. The molecule has 0 aliphatic rings. The molecule has 0 amide bonds. The summed E-state index contributed by atoms with van der Waals surface area (Å²) in [7, 11) is 0. The van der Waals surface area contributed by atoms with Crippen LogP contribution in [0.3, 0.4) is 0 Å². The second kappa shape index (κ2) is 12.3. The summed E-state index contributed by atoms with van der Waals surface area (Å²) < 4.78 is 0. The molecule has 0 aliphatic carbocycles. The Morgan fingerprint density at radius 2 is 0.786 bits per heavy atom. The summed E-state index contributed by atoms with van der Waals surface area (Å²) in [4.78, 5) is 7.57. The Bertz CT molecular complexity index is 194. The molecule has 0 aliphatic heterocycles. The van der Waals surface area contributed by atoms with Gasteiger partial charge in [0.1, 0.15) is 0 Å². The molecule has 0 bridgehead atoms. The predicted octanol–water partition coefficient (Wildman–Crippen LogP) is 2.58. The van der Waals surface area contributed by atoms with E-state index in [2.05, 4.69) is 9.97 Å². The molecule has 0 atom stereocenters. The number of aromatic nitrogens is 2. The van der Waals surface area contributed by atoms with Crippen molar-refractivity contribution in [1.82, 2.24) is 9.97 Å². The summed E-state index contributed by atoms with van der Waals surface area (Å²) in [5.74, 6) is 0. The van der Waals surface area contributed by atoms with E-state index >= 15 is 0 Å². The van der Waals surface area contributed by atoms with Crippen molar-refractivity contribution in [3.8, 4) is 0 Å². The van der Waals surface area contributed by atoms with Crippen LogP contribution in [0.25, 0.3) is 0 Å². The molecular weight excluding hydrogens is 290 g/mol. The second-order valence-electron chi connectivity index (χ2n) is 2.05. The van der Waals surface area contributed by atoms with E-state index in [9.17, 15) is 0 Å². The fourth-order valence-electron chi connectivity index (χ4n) is 0.625. The van der Waals surface area contributed by atoms with Gasteiger partial charge in [0.2, 0.25) is 0 Å². The van der Waals surface area contributed by atoms with Gasteiger partial charge in [-0.05, 0) is 24.3 Å². The topological polar surface area (TPSA) is 25.8 Å². The summed E-state index contributed by atoms with van der Waals surface area (Å²) in [6, 6.07) is 11.4. The molecule has 0 N–H and O–H groups in total. The molecule has 2 nitrogen and oxygen atoms in total. The molecule has 2 heterocycles. The Morgan fingerprint density at radius 1 is 0.500 bits per heavy atom. The van der Waals surface area contributed by atoms with Crippen LogP contribution in [0.5, 0.6) is 0 Å². The molecule has 0 unspecified atom stereocenters. The predicted molar refractivity (Wildman–Crippen MR) is 55.7 cm³/mol. The van der Waals surface area contributed by atoms with E-state index in [1.54, 1.807) is 24.8 Å². The summed E-state index contributed by atoms with van der Waals surface area (Å²) in [6.07, 6.45) is 7.00. The van der Waals surface area contributed by atoms with E-state index in [4.69, 9.17) is 0 Å². The van der Waals surface area contributed by atoms with Crippen LogP contribution in [-0.4, -0.2) is 9.97 Å². The van der Waals surface area contributed by atoms with Crippen LogP contribution in [0.15, 0.2) is 61.2 Å². The molecule has 0 saturated carbocycles.